The predicted octanol–water partition coefficient (Wildman–Crippen LogP) is 10.4. The number of aryl methyl sites for hydroxylation is 2. The Labute approximate surface area is 242 Å². The van der Waals surface area contributed by atoms with Crippen molar-refractivity contribution in [3.8, 4) is 0 Å². The predicted molar refractivity (Wildman–Crippen MR) is 160 cm³/mol. The molecule has 0 N–H and O–H groups in total. The van der Waals surface area contributed by atoms with Crippen LogP contribution in [0.25, 0.3) is 0 Å². The number of benzene rings is 2. The average Bonchev–Trinajstić information content (AvgIpc) is 2.94. The van der Waals surface area contributed by atoms with E-state index >= 15 is 4.39 Å². The highest BCUT2D eigenvalue weighted by atomic mass is 19.4. The van der Waals surface area contributed by atoms with Gasteiger partial charge in [0.25, 0.3) is 0 Å². The Morgan fingerprint density at radius 2 is 1.46 bits per heavy atom. The fourth-order valence-corrected chi connectivity index (χ4v) is 5.13. The number of unbranched alkanes of at least 4 members (excludes halogenated alkanes) is 2. The van der Waals surface area contributed by atoms with Crippen LogP contribution in [-0.2, 0) is 30.2 Å². The first-order valence-corrected chi connectivity index (χ1v) is 15.0. The number of alkyl halides is 3. The molecular weight excluding hydrogens is 526 g/mol. The molecule has 0 amide bonds. The van der Waals surface area contributed by atoms with E-state index in [4.69, 9.17) is 0 Å². The van der Waals surface area contributed by atoms with Gasteiger partial charge in [-0.3, -0.25) is 9.79 Å². The van der Waals surface area contributed by atoms with Gasteiger partial charge in [-0.2, -0.15) is 13.2 Å². The number of nitrogens with zero attached hydrogens (tertiary/aromatic N) is 1. The topological polar surface area (TPSA) is 29.4 Å². The lowest BCUT2D eigenvalue weighted by atomic mass is 9.94. The standard InChI is InChI=1S/C35H43F4NO/c1-3-4-15-32(41)25-29-18-16-27(17-19-29)11-5-6-13-30-14-7-8-24-40-34(33(30)36)26(2)10-9-12-28-20-22-31(23-21-28)35(37,38)39/h14,16-24,26H,3-13,15,25H2,1-2H3/b30-14-,34-33+,40-24+. The highest BCUT2D eigenvalue weighted by molar-refractivity contribution is 5.80. The van der Waals surface area contributed by atoms with Crippen LogP contribution in [0, 0.1) is 5.92 Å². The Bertz CT molecular complexity index is 1190. The van der Waals surface area contributed by atoms with Gasteiger partial charge in [0.1, 0.15) is 11.6 Å². The molecule has 0 radical (unpaired) electrons. The van der Waals surface area contributed by atoms with Crippen molar-refractivity contribution in [2.24, 2.45) is 10.9 Å². The Balaban J connectivity index is 1.48. The van der Waals surface area contributed by atoms with Gasteiger partial charge in [0.2, 0.25) is 0 Å². The minimum atomic E-state index is -4.33. The molecule has 0 fully saturated rings. The summed E-state index contributed by atoms with van der Waals surface area (Å²) in [5, 5.41) is 0. The van der Waals surface area contributed by atoms with E-state index in [1.54, 1.807) is 6.21 Å². The van der Waals surface area contributed by atoms with E-state index in [0.717, 1.165) is 80.2 Å². The number of carbonyl (C=O) groups excluding carboxylic acids is 1. The number of aliphatic imine (C=N–C) groups is 1. The van der Waals surface area contributed by atoms with Crippen molar-refractivity contribution >= 4 is 12.0 Å². The van der Waals surface area contributed by atoms with Crippen LogP contribution in [0.3, 0.4) is 0 Å². The Morgan fingerprint density at radius 1 is 0.854 bits per heavy atom. The van der Waals surface area contributed by atoms with Crippen molar-refractivity contribution in [2.75, 3.05) is 0 Å². The molecule has 2 aromatic carbocycles. The first-order chi connectivity index (χ1) is 19.7. The van der Waals surface area contributed by atoms with E-state index in [0.29, 0.717) is 43.6 Å². The van der Waals surface area contributed by atoms with Gasteiger partial charge >= 0.3 is 6.18 Å². The zero-order valence-corrected chi connectivity index (χ0v) is 24.4. The molecule has 0 aromatic heterocycles. The molecule has 0 saturated carbocycles. The molecule has 0 saturated heterocycles. The number of carbonyl (C=O) groups is 1. The summed E-state index contributed by atoms with van der Waals surface area (Å²) in [5.41, 5.74) is 3.69. The summed E-state index contributed by atoms with van der Waals surface area (Å²) in [7, 11) is 0. The van der Waals surface area contributed by atoms with Gasteiger partial charge in [0.15, 0.2) is 0 Å². The van der Waals surface area contributed by atoms with E-state index < -0.39 is 11.7 Å². The molecule has 1 unspecified atom stereocenters. The van der Waals surface area contributed by atoms with Crippen molar-refractivity contribution in [3.05, 3.63) is 94.0 Å². The summed E-state index contributed by atoms with van der Waals surface area (Å²) < 4.78 is 54.0. The zero-order valence-electron chi connectivity index (χ0n) is 24.4. The molecule has 41 heavy (non-hydrogen) atoms. The van der Waals surface area contributed by atoms with E-state index in [-0.39, 0.29) is 11.7 Å². The summed E-state index contributed by atoms with van der Waals surface area (Å²) in [4.78, 5) is 16.5. The fraction of sp³-hybridized carbons (Fsp3) is 0.486. The molecule has 0 bridgehead atoms. The van der Waals surface area contributed by atoms with Crippen molar-refractivity contribution < 1.29 is 22.4 Å². The number of Topliss-reactive ketones (excluding diaryl/α,β-unsaturated/α-hetero) is 1. The summed E-state index contributed by atoms with van der Waals surface area (Å²) >= 11 is 0. The molecule has 3 rings (SSSR count). The van der Waals surface area contributed by atoms with Crippen molar-refractivity contribution in [2.45, 2.75) is 103 Å². The lowest BCUT2D eigenvalue weighted by Gasteiger charge is -2.17. The normalized spacial score (nSPS) is 18.7. The maximum atomic E-state index is 15.6. The van der Waals surface area contributed by atoms with Crippen LogP contribution in [0.1, 0.15) is 100 Å². The summed E-state index contributed by atoms with van der Waals surface area (Å²) in [6.07, 6.45) is 9.58. The second-order valence-corrected chi connectivity index (χ2v) is 11.1. The van der Waals surface area contributed by atoms with Crippen LogP contribution < -0.4 is 0 Å². The number of halogens is 4. The maximum absolute atomic E-state index is 15.6. The van der Waals surface area contributed by atoms with Crippen molar-refractivity contribution in [1.29, 1.82) is 0 Å². The van der Waals surface area contributed by atoms with Gasteiger partial charge in [0.05, 0.1) is 11.3 Å². The van der Waals surface area contributed by atoms with Crippen LogP contribution in [-0.4, -0.2) is 12.0 Å². The molecule has 0 spiro atoms. The van der Waals surface area contributed by atoms with Gasteiger partial charge in [-0.05, 0) is 98.6 Å². The smallest absolute Gasteiger partial charge is 0.299 e. The number of ketones is 1. The van der Waals surface area contributed by atoms with Gasteiger partial charge < -0.3 is 0 Å². The van der Waals surface area contributed by atoms with Crippen molar-refractivity contribution in [3.63, 3.8) is 0 Å². The summed E-state index contributed by atoms with van der Waals surface area (Å²) in [5.74, 6) is -0.0195. The molecule has 6 heteroatoms. The zero-order chi connectivity index (χ0) is 29.7. The lowest BCUT2D eigenvalue weighted by molar-refractivity contribution is -0.137. The largest absolute Gasteiger partial charge is 0.416 e. The third kappa shape index (κ3) is 11.1. The SMILES string of the molecule is CCCCC(=O)Cc1ccc(CCCCC2=C/CC/C=N/C(C(C)CCCc3ccc(C(F)(F)F)cc3)=C\2F)cc1. The minimum absolute atomic E-state index is 0.0884. The second-order valence-electron chi connectivity index (χ2n) is 11.1. The van der Waals surface area contributed by atoms with E-state index in [2.05, 4.69) is 24.0 Å². The van der Waals surface area contributed by atoms with E-state index in [1.165, 1.54) is 17.7 Å². The fourth-order valence-electron chi connectivity index (χ4n) is 5.13. The molecule has 222 valence electrons. The highest BCUT2D eigenvalue weighted by Gasteiger charge is 2.29. The van der Waals surface area contributed by atoms with Gasteiger partial charge in [-0.1, -0.05) is 62.7 Å². The molecule has 2 nitrogen and oxygen atoms in total. The Hall–Kier alpha value is -3.02. The van der Waals surface area contributed by atoms with E-state index in [9.17, 15) is 18.0 Å². The third-order valence-corrected chi connectivity index (χ3v) is 7.67. The van der Waals surface area contributed by atoms with Crippen LogP contribution in [0.15, 0.2) is 76.7 Å². The van der Waals surface area contributed by atoms with Gasteiger partial charge in [-0.15, -0.1) is 0 Å². The quantitative estimate of drug-likeness (QED) is 0.155. The van der Waals surface area contributed by atoms with Gasteiger partial charge in [0, 0.05) is 25.0 Å². The lowest BCUT2D eigenvalue weighted by Crippen LogP contribution is -2.06. The monoisotopic (exact) mass is 569 g/mol. The molecule has 1 atom stereocenters. The summed E-state index contributed by atoms with van der Waals surface area (Å²) in [6.45, 7) is 4.06. The number of hydrogen-bond acceptors (Lipinski definition) is 2. The molecule has 1 heterocycles. The average molecular weight is 570 g/mol. The molecular formula is C35H43F4NO. The van der Waals surface area contributed by atoms with Gasteiger partial charge in [-0.25, -0.2) is 4.39 Å². The minimum Gasteiger partial charge on any atom is -0.299 e. The molecule has 2 aromatic rings. The Morgan fingerprint density at radius 3 is 2.12 bits per heavy atom. The Kier molecular flexibility index (Phi) is 13.0. The maximum Gasteiger partial charge on any atom is 0.416 e. The van der Waals surface area contributed by atoms with E-state index in [1.807, 2.05) is 25.1 Å². The summed E-state index contributed by atoms with van der Waals surface area (Å²) in [6, 6.07) is 13.5. The number of rotatable bonds is 15. The molecule has 1 aliphatic rings. The molecule has 1 aliphatic heterocycles. The second kappa shape index (κ2) is 16.4. The number of allylic oxidation sites excluding steroid dienone is 4. The highest BCUT2D eigenvalue weighted by Crippen LogP contribution is 2.32. The third-order valence-electron chi connectivity index (χ3n) is 7.67. The van der Waals surface area contributed by atoms with Crippen LogP contribution in [0.2, 0.25) is 0 Å². The van der Waals surface area contributed by atoms with Crippen LogP contribution in [0.5, 0.6) is 0 Å². The number of hydrogen-bond donors (Lipinski definition) is 0. The van der Waals surface area contributed by atoms with Crippen molar-refractivity contribution in [1.82, 2.24) is 0 Å². The van der Waals surface area contributed by atoms with Crippen LogP contribution in [0.4, 0.5) is 17.6 Å². The first-order valence-electron chi connectivity index (χ1n) is 15.0. The molecule has 0 aliphatic carbocycles. The first kappa shape index (κ1) is 32.5. The van der Waals surface area contributed by atoms with Crippen LogP contribution >= 0.6 is 0 Å².